The summed E-state index contributed by atoms with van der Waals surface area (Å²) in [4.78, 5) is 17.5. The van der Waals surface area contributed by atoms with Crippen molar-refractivity contribution in [1.82, 2.24) is 24.5 Å². The molecule has 0 saturated carbocycles. The lowest BCUT2D eigenvalue weighted by atomic mass is 10.3. The van der Waals surface area contributed by atoms with Crippen molar-refractivity contribution in [2.24, 2.45) is 0 Å². The van der Waals surface area contributed by atoms with E-state index < -0.39 is 0 Å². The first kappa shape index (κ1) is 18.4. The van der Waals surface area contributed by atoms with E-state index in [0.29, 0.717) is 11.6 Å². The summed E-state index contributed by atoms with van der Waals surface area (Å²) < 4.78 is 4.59. The van der Waals surface area contributed by atoms with Gasteiger partial charge in [0.2, 0.25) is 5.95 Å². The van der Waals surface area contributed by atoms with Gasteiger partial charge in [0, 0.05) is 11.0 Å². The van der Waals surface area contributed by atoms with Crippen LogP contribution >= 0.6 is 15.9 Å². The monoisotopic (exact) mass is 438 g/mol. The van der Waals surface area contributed by atoms with Crippen molar-refractivity contribution in [3.05, 3.63) is 64.4 Å². The van der Waals surface area contributed by atoms with Crippen molar-refractivity contribution in [3.63, 3.8) is 0 Å². The third-order valence-corrected chi connectivity index (χ3v) is 4.98. The molecule has 1 amide bonds. The molecule has 0 spiro atoms. The number of hydrogen-bond acceptors (Lipinski definition) is 4. The maximum Gasteiger partial charge on any atom is 0.280 e. The predicted octanol–water partition coefficient (Wildman–Crippen LogP) is 4.35. The van der Waals surface area contributed by atoms with Gasteiger partial charge in [-0.2, -0.15) is 0 Å². The molecule has 7 nitrogen and oxygen atoms in total. The van der Waals surface area contributed by atoms with Crippen molar-refractivity contribution in [3.8, 4) is 5.69 Å². The maximum absolute atomic E-state index is 12.9. The van der Waals surface area contributed by atoms with E-state index in [-0.39, 0.29) is 11.6 Å². The zero-order valence-corrected chi connectivity index (χ0v) is 17.1. The zero-order chi connectivity index (χ0) is 19.7. The number of rotatable bonds is 5. The van der Waals surface area contributed by atoms with Crippen molar-refractivity contribution >= 4 is 38.8 Å². The molecule has 2 heterocycles. The molecular formula is C20H19BrN6O. The van der Waals surface area contributed by atoms with Gasteiger partial charge in [0.15, 0.2) is 5.69 Å². The highest BCUT2D eigenvalue weighted by molar-refractivity contribution is 9.10. The van der Waals surface area contributed by atoms with E-state index in [2.05, 4.69) is 43.5 Å². The van der Waals surface area contributed by atoms with Crippen LogP contribution in [0.25, 0.3) is 16.7 Å². The van der Waals surface area contributed by atoms with Crippen molar-refractivity contribution in [2.75, 3.05) is 5.32 Å². The number of nitrogens with one attached hydrogen (secondary N) is 1. The van der Waals surface area contributed by atoms with Gasteiger partial charge in [-0.05, 0) is 43.7 Å². The SMILES string of the molecule is CCCn1c(NC(=O)c2nnn(-c3cccc(Br)c3)c2C)nc2ccccc21. The predicted molar refractivity (Wildman–Crippen MR) is 112 cm³/mol. The molecule has 28 heavy (non-hydrogen) atoms. The van der Waals surface area contributed by atoms with Crippen LogP contribution in [-0.2, 0) is 6.54 Å². The van der Waals surface area contributed by atoms with Gasteiger partial charge in [0.1, 0.15) is 0 Å². The minimum Gasteiger partial charge on any atom is -0.310 e. The number of carbonyl (C=O) groups is 1. The molecule has 8 heteroatoms. The number of carbonyl (C=O) groups excluding carboxylic acids is 1. The first-order chi connectivity index (χ1) is 13.6. The molecule has 0 saturated heterocycles. The van der Waals surface area contributed by atoms with E-state index in [9.17, 15) is 4.79 Å². The quantitative estimate of drug-likeness (QED) is 0.502. The van der Waals surface area contributed by atoms with Crippen LogP contribution in [0.4, 0.5) is 5.95 Å². The Kier molecular flexibility index (Phi) is 4.95. The molecule has 142 valence electrons. The molecule has 2 aromatic carbocycles. The van der Waals surface area contributed by atoms with Gasteiger partial charge in [-0.1, -0.05) is 46.3 Å². The number of hydrogen-bond donors (Lipinski definition) is 1. The molecule has 4 aromatic rings. The maximum atomic E-state index is 12.9. The summed E-state index contributed by atoms with van der Waals surface area (Å²) in [7, 11) is 0. The van der Waals surface area contributed by atoms with Gasteiger partial charge in [0.05, 0.1) is 22.4 Å². The lowest BCUT2D eigenvalue weighted by molar-refractivity contribution is 0.102. The topological polar surface area (TPSA) is 77.6 Å². The Hall–Kier alpha value is -3.00. The van der Waals surface area contributed by atoms with Crippen molar-refractivity contribution in [1.29, 1.82) is 0 Å². The third kappa shape index (κ3) is 3.31. The Morgan fingerprint density at radius 1 is 1.18 bits per heavy atom. The molecule has 2 aromatic heterocycles. The lowest BCUT2D eigenvalue weighted by Crippen LogP contribution is -2.17. The number of fused-ring (bicyclic) bond motifs is 1. The van der Waals surface area contributed by atoms with E-state index >= 15 is 0 Å². The number of anilines is 1. The van der Waals surface area contributed by atoms with Crippen LogP contribution in [0.5, 0.6) is 0 Å². The van der Waals surface area contributed by atoms with Crippen LogP contribution < -0.4 is 5.32 Å². The van der Waals surface area contributed by atoms with Gasteiger partial charge in [-0.25, -0.2) is 9.67 Å². The average molecular weight is 439 g/mol. The summed E-state index contributed by atoms with van der Waals surface area (Å²) in [6, 6.07) is 15.5. The molecule has 1 N–H and O–H groups in total. The third-order valence-electron chi connectivity index (χ3n) is 4.49. The molecule has 0 bridgehead atoms. The van der Waals surface area contributed by atoms with Crippen LogP contribution in [0, 0.1) is 6.92 Å². The summed E-state index contributed by atoms with van der Waals surface area (Å²) in [5.74, 6) is 0.191. The Balaban J connectivity index is 1.67. The van der Waals surface area contributed by atoms with Gasteiger partial charge in [-0.15, -0.1) is 5.10 Å². The minimum absolute atomic E-state index is 0.273. The van der Waals surface area contributed by atoms with E-state index in [0.717, 1.165) is 34.2 Å². The Bertz CT molecular complexity index is 1160. The molecule has 0 radical (unpaired) electrons. The van der Waals surface area contributed by atoms with E-state index in [1.807, 2.05) is 60.0 Å². The smallest absolute Gasteiger partial charge is 0.280 e. The number of aromatic nitrogens is 5. The van der Waals surface area contributed by atoms with Crippen LogP contribution in [0.2, 0.25) is 0 Å². The summed E-state index contributed by atoms with van der Waals surface area (Å²) >= 11 is 3.45. The number of amides is 1. The first-order valence-electron chi connectivity index (χ1n) is 9.03. The van der Waals surface area contributed by atoms with Crippen LogP contribution in [0.3, 0.4) is 0 Å². The Morgan fingerprint density at radius 2 is 2.00 bits per heavy atom. The van der Waals surface area contributed by atoms with Crippen molar-refractivity contribution < 1.29 is 4.79 Å². The second-order valence-electron chi connectivity index (χ2n) is 6.45. The molecule has 4 rings (SSSR count). The second kappa shape index (κ2) is 7.55. The highest BCUT2D eigenvalue weighted by atomic mass is 79.9. The lowest BCUT2D eigenvalue weighted by Gasteiger charge is -2.08. The van der Waals surface area contributed by atoms with Gasteiger partial charge in [-0.3, -0.25) is 10.1 Å². The molecule has 0 aliphatic carbocycles. The van der Waals surface area contributed by atoms with Gasteiger partial charge in [0.25, 0.3) is 5.91 Å². The highest BCUT2D eigenvalue weighted by Crippen LogP contribution is 2.21. The molecule has 0 fully saturated rings. The number of imidazole rings is 1. The first-order valence-corrected chi connectivity index (χ1v) is 9.82. The number of para-hydroxylation sites is 2. The highest BCUT2D eigenvalue weighted by Gasteiger charge is 2.20. The summed E-state index contributed by atoms with van der Waals surface area (Å²) in [6.45, 7) is 4.68. The standard InChI is InChI=1S/C20H19BrN6O/c1-3-11-26-17-10-5-4-9-16(17)22-20(26)23-19(28)18-13(2)27(25-24-18)15-8-6-7-14(21)12-15/h4-10,12H,3,11H2,1-2H3,(H,22,23,28). The van der Waals surface area contributed by atoms with Gasteiger partial charge < -0.3 is 4.57 Å². The van der Waals surface area contributed by atoms with E-state index in [1.54, 1.807) is 4.68 Å². The molecule has 0 unspecified atom stereocenters. The van der Waals surface area contributed by atoms with Crippen LogP contribution in [0.1, 0.15) is 29.5 Å². The summed E-state index contributed by atoms with van der Waals surface area (Å²) in [5, 5.41) is 11.2. The molecular weight excluding hydrogens is 420 g/mol. The fraction of sp³-hybridized carbons (Fsp3) is 0.200. The number of halogens is 1. The second-order valence-corrected chi connectivity index (χ2v) is 7.36. The zero-order valence-electron chi connectivity index (χ0n) is 15.6. The number of nitrogens with zero attached hydrogens (tertiary/aromatic N) is 5. The minimum atomic E-state index is -0.327. The van der Waals surface area contributed by atoms with Gasteiger partial charge >= 0.3 is 0 Å². The fourth-order valence-electron chi connectivity index (χ4n) is 3.17. The van der Waals surface area contributed by atoms with Crippen LogP contribution in [-0.4, -0.2) is 30.5 Å². The van der Waals surface area contributed by atoms with Crippen molar-refractivity contribution in [2.45, 2.75) is 26.8 Å². The Morgan fingerprint density at radius 3 is 2.79 bits per heavy atom. The molecule has 0 aliphatic heterocycles. The van der Waals surface area contributed by atoms with E-state index in [1.165, 1.54) is 0 Å². The molecule has 0 aliphatic rings. The average Bonchev–Trinajstić information content (AvgIpc) is 3.23. The number of benzene rings is 2. The fourth-order valence-corrected chi connectivity index (χ4v) is 3.56. The van der Waals surface area contributed by atoms with E-state index in [4.69, 9.17) is 0 Å². The molecule has 0 atom stereocenters. The van der Waals surface area contributed by atoms with Crippen LogP contribution in [0.15, 0.2) is 53.0 Å². The largest absolute Gasteiger partial charge is 0.310 e. The summed E-state index contributed by atoms with van der Waals surface area (Å²) in [6.07, 6.45) is 0.932. The Labute approximate surface area is 170 Å². The normalized spacial score (nSPS) is 11.1. The number of aryl methyl sites for hydroxylation is 1. The summed E-state index contributed by atoms with van der Waals surface area (Å²) in [5.41, 5.74) is 3.61.